The van der Waals surface area contributed by atoms with E-state index in [0.29, 0.717) is 13.0 Å². The summed E-state index contributed by atoms with van der Waals surface area (Å²) in [5, 5.41) is 2.17. The Labute approximate surface area is 243 Å². The number of esters is 2. The fourth-order valence-corrected chi connectivity index (χ4v) is 10.1. The molecule has 8 heteroatoms. The van der Waals surface area contributed by atoms with Crippen molar-refractivity contribution < 1.29 is 33.0 Å². The van der Waals surface area contributed by atoms with Gasteiger partial charge in [0.15, 0.2) is 6.10 Å². The van der Waals surface area contributed by atoms with Crippen LogP contribution in [0, 0.1) is 0 Å². The molecule has 1 heterocycles. The van der Waals surface area contributed by atoms with Crippen LogP contribution >= 0.6 is 0 Å². The van der Waals surface area contributed by atoms with E-state index in [0.717, 1.165) is 5.56 Å². The molecule has 0 amide bonds. The first-order valence-electron chi connectivity index (χ1n) is 14.0. The first-order chi connectivity index (χ1) is 19.6. The topological polar surface area (TPSA) is 80.3 Å². The van der Waals surface area contributed by atoms with Gasteiger partial charge in [0.1, 0.15) is 6.10 Å². The molecule has 1 unspecified atom stereocenters. The molecule has 0 spiro atoms. The molecule has 0 aromatic heterocycles. The highest BCUT2D eigenvalue weighted by atomic mass is 28.4. The molecule has 218 valence electrons. The van der Waals surface area contributed by atoms with Gasteiger partial charge in [-0.05, 0) is 27.4 Å². The zero-order valence-electron chi connectivity index (χ0n) is 24.4. The zero-order valence-corrected chi connectivity index (χ0v) is 25.4. The standard InChI is InChI=1S/C33H40O7Si/c1-24(34)38-31-30(36-23-26-15-9-6-10-16-26)29(40-32(31)39-25(2)35)21-22-37-41(33(3,4)5,27-17-11-7-12-18-27)28-19-13-8-14-20-28/h6-20,29-32H,21-23H2,1-5H3/t29-,30-,31+,32?/m0/s1. The molecule has 4 atom stereocenters. The van der Waals surface area contributed by atoms with Crippen molar-refractivity contribution in [3.05, 3.63) is 96.6 Å². The lowest BCUT2D eigenvalue weighted by atomic mass is 10.1. The normalized spacial score (nSPS) is 20.9. The second-order valence-corrected chi connectivity index (χ2v) is 15.6. The molecule has 0 saturated carbocycles. The molecule has 3 aromatic rings. The van der Waals surface area contributed by atoms with Gasteiger partial charge in [-0.2, -0.15) is 0 Å². The van der Waals surface area contributed by atoms with Gasteiger partial charge in [-0.25, -0.2) is 0 Å². The molecule has 1 aliphatic rings. The molecule has 1 fully saturated rings. The van der Waals surface area contributed by atoms with Crippen molar-refractivity contribution in [1.29, 1.82) is 0 Å². The van der Waals surface area contributed by atoms with Crippen LogP contribution in [0.1, 0.15) is 46.6 Å². The third kappa shape index (κ3) is 7.32. The summed E-state index contributed by atoms with van der Waals surface area (Å²) in [5.41, 5.74) is 0.965. The number of benzene rings is 3. The number of carbonyl (C=O) groups excluding carboxylic acids is 2. The minimum absolute atomic E-state index is 0.185. The van der Waals surface area contributed by atoms with Crippen LogP contribution in [0.25, 0.3) is 0 Å². The third-order valence-electron chi connectivity index (χ3n) is 7.27. The van der Waals surface area contributed by atoms with E-state index in [1.165, 1.54) is 24.2 Å². The lowest BCUT2D eigenvalue weighted by molar-refractivity contribution is -0.195. The highest BCUT2D eigenvalue weighted by Gasteiger charge is 2.52. The number of carbonyl (C=O) groups is 2. The van der Waals surface area contributed by atoms with Gasteiger partial charge in [0, 0.05) is 20.5 Å². The van der Waals surface area contributed by atoms with E-state index in [1.54, 1.807) is 0 Å². The molecule has 41 heavy (non-hydrogen) atoms. The largest absolute Gasteiger partial charge is 0.453 e. The Bertz CT molecular complexity index is 1220. The summed E-state index contributed by atoms with van der Waals surface area (Å²) in [6.07, 6.45) is -2.73. The summed E-state index contributed by atoms with van der Waals surface area (Å²) in [4.78, 5) is 23.9. The minimum Gasteiger partial charge on any atom is -0.453 e. The Morgan fingerprint density at radius 3 is 1.76 bits per heavy atom. The predicted molar refractivity (Wildman–Crippen MR) is 159 cm³/mol. The fourth-order valence-electron chi connectivity index (χ4n) is 5.56. The average molecular weight is 577 g/mol. The van der Waals surface area contributed by atoms with Crippen molar-refractivity contribution in [3.8, 4) is 0 Å². The van der Waals surface area contributed by atoms with E-state index in [2.05, 4.69) is 69.3 Å². The monoisotopic (exact) mass is 576 g/mol. The summed E-state index contributed by atoms with van der Waals surface area (Å²) in [6.45, 7) is 9.94. The van der Waals surface area contributed by atoms with Crippen LogP contribution in [0.4, 0.5) is 0 Å². The van der Waals surface area contributed by atoms with Crippen LogP contribution in [0.2, 0.25) is 5.04 Å². The highest BCUT2D eigenvalue weighted by molar-refractivity contribution is 6.99. The Hall–Kier alpha value is -3.30. The molecular formula is C33H40O7Si. The van der Waals surface area contributed by atoms with Gasteiger partial charge in [0.2, 0.25) is 6.29 Å². The van der Waals surface area contributed by atoms with Crippen LogP contribution in [-0.4, -0.2) is 51.5 Å². The van der Waals surface area contributed by atoms with Gasteiger partial charge in [-0.1, -0.05) is 112 Å². The maximum atomic E-state index is 12.0. The second-order valence-electron chi connectivity index (χ2n) is 11.3. The lowest BCUT2D eigenvalue weighted by Gasteiger charge is -2.43. The fraction of sp³-hybridized carbons (Fsp3) is 0.394. The maximum absolute atomic E-state index is 12.0. The number of hydrogen-bond acceptors (Lipinski definition) is 7. The van der Waals surface area contributed by atoms with Gasteiger partial charge in [0.25, 0.3) is 8.32 Å². The predicted octanol–water partition coefficient (Wildman–Crippen LogP) is 4.76. The molecule has 0 bridgehead atoms. The van der Waals surface area contributed by atoms with E-state index >= 15 is 0 Å². The van der Waals surface area contributed by atoms with Crippen molar-refractivity contribution in [3.63, 3.8) is 0 Å². The Kier molecular flexibility index (Phi) is 10.1. The van der Waals surface area contributed by atoms with Gasteiger partial charge in [-0.15, -0.1) is 0 Å². The molecule has 4 rings (SSSR count). The molecule has 0 N–H and O–H groups in total. The molecule has 0 radical (unpaired) electrons. The van der Waals surface area contributed by atoms with Gasteiger partial charge < -0.3 is 23.4 Å². The zero-order chi connectivity index (χ0) is 29.5. The summed E-state index contributed by atoms with van der Waals surface area (Å²) < 4.78 is 30.6. The van der Waals surface area contributed by atoms with Gasteiger partial charge in [-0.3, -0.25) is 9.59 Å². The van der Waals surface area contributed by atoms with Crippen LogP contribution in [-0.2, 0) is 39.6 Å². The van der Waals surface area contributed by atoms with Crippen molar-refractivity contribution in [2.75, 3.05) is 6.61 Å². The SMILES string of the molecule is CC(=O)OC1O[C@@H](CCO[Si](c2ccccc2)(c2ccccc2)C(C)(C)C)[C@H](OCc2ccccc2)[C@H]1OC(C)=O. The Morgan fingerprint density at radius 2 is 1.27 bits per heavy atom. The molecule has 3 aromatic carbocycles. The number of hydrogen-bond donors (Lipinski definition) is 0. The molecule has 7 nitrogen and oxygen atoms in total. The number of rotatable bonds is 11. The smallest absolute Gasteiger partial charge is 0.305 e. The first-order valence-corrected chi connectivity index (χ1v) is 15.9. The van der Waals surface area contributed by atoms with E-state index < -0.39 is 44.9 Å². The van der Waals surface area contributed by atoms with Crippen molar-refractivity contribution in [1.82, 2.24) is 0 Å². The molecule has 1 saturated heterocycles. The van der Waals surface area contributed by atoms with E-state index in [4.69, 9.17) is 23.4 Å². The van der Waals surface area contributed by atoms with Crippen molar-refractivity contribution in [2.45, 2.75) is 77.3 Å². The van der Waals surface area contributed by atoms with Crippen LogP contribution in [0.3, 0.4) is 0 Å². The van der Waals surface area contributed by atoms with Crippen LogP contribution in [0.15, 0.2) is 91.0 Å². The van der Waals surface area contributed by atoms with E-state index in [9.17, 15) is 9.59 Å². The highest BCUT2D eigenvalue weighted by Crippen LogP contribution is 2.37. The average Bonchev–Trinajstić information content (AvgIpc) is 3.25. The van der Waals surface area contributed by atoms with E-state index in [1.807, 2.05) is 42.5 Å². The maximum Gasteiger partial charge on any atom is 0.305 e. The lowest BCUT2D eigenvalue weighted by Crippen LogP contribution is -2.66. The van der Waals surface area contributed by atoms with Gasteiger partial charge >= 0.3 is 11.9 Å². The van der Waals surface area contributed by atoms with Crippen molar-refractivity contribution in [2.24, 2.45) is 0 Å². The van der Waals surface area contributed by atoms with Crippen LogP contribution in [0.5, 0.6) is 0 Å². The Balaban J connectivity index is 1.62. The molecule has 1 aliphatic heterocycles. The quantitative estimate of drug-likeness (QED) is 0.241. The molecular weight excluding hydrogens is 536 g/mol. The summed E-state index contributed by atoms with van der Waals surface area (Å²) in [5.74, 6) is -1.04. The van der Waals surface area contributed by atoms with E-state index in [-0.39, 0.29) is 11.6 Å². The summed E-state index contributed by atoms with van der Waals surface area (Å²) in [6, 6.07) is 30.6. The summed E-state index contributed by atoms with van der Waals surface area (Å²) in [7, 11) is -2.77. The van der Waals surface area contributed by atoms with Crippen LogP contribution < -0.4 is 10.4 Å². The minimum atomic E-state index is -2.77. The van der Waals surface area contributed by atoms with Gasteiger partial charge in [0.05, 0.1) is 12.7 Å². The van der Waals surface area contributed by atoms with Crippen molar-refractivity contribution >= 4 is 30.6 Å². The second kappa shape index (κ2) is 13.6. The third-order valence-corrected chi connectivity index (χ3v) is 12.3. The number of ether oxygens (including phenoxy) is 4. The Morgan fingerprint density at radius 1 is 0.756 bits per heavy atom. The summed E-state index contributed by atoms with van der Waals surface area (Å²) >= 11 is 0. The molecule has 0 aliphatic carbocycles. The first kappa shape index (κ1) is 30.7.